The van der Waals surface area contributed by atoms with Crippen molar-refractivity contribution in [1.82, 2.24) is 4.90 Å². The third-order valence-electron chi connectivity index (χ3n) is 3.50. The number of ether oxygens (including phenoxy) is 1. The molecule has 0 spiro atoms. The summed E-state index contributed by atoms with van der Waals surface area (Å²) in [5, 5.41) is 10.7. The van der Waals surface area contributed by atoms with Gasteiger partial charge in [0.1, 0.15) is 6.61 Å². The molecule has 1 fully saturated rings. The molecule has 0 saturated carbocycles. The van der Waals surface area contributed by atoms with Gasteiger partial charge in [0.2, 0.25) is 0 Å². The van der Waals surface area contributed by atoms with Gasteiger partial charge in [-0.2, -0.15) is 0 Å². The SMILES string of the molecule is CN(CCC1CCCCO1)Cc1cc(C#CCO)cs1. The van der Waals surface area contributed by atoms with E-state index < -0.39 is 0 Å². The minimum absolute atomic E-state index is 0.0769. The van der Waals surface area contributed by atoms with Crippen LogP contribution in [-0.2, 0) is 11.3 Å². The molecule has 2 rings (SSSR count). The zero-order chi connectivity index (χ0) is 14.2. The summed E-state index contributed by atoms with van der Waals surface area (Å²) in [6.07, 6.45) is 5.33. The molecule has 1 atom stereocenters. The van der Waals surface area contributed by atoms with Gasteiger partial charge in [0.25, 0.3) is 0 Å². The largest absolute Gasteiger partial charge is 0.384 e. The first-order chi connectivity index (χ1) is 9.78. The summed E-state index contributed by atoms with van der Waals surface area (Å²) in [6, 6.07) is 2.11. The molecule has 0 amide bonds. The molecule has 20 heavy (non-hydrogen) atoms. The molecule has 1 unspecified atom stereocenters. The highest BCUT2D eigenvalue weighted by Crippen LogP contribution is 2.18. The molecule has 3 nitrogen and oxygen atoms in total. The predicted octanol–water partition coefficient (Wildman–Crippen LogP) is 2.48. The number of hydrogen-bond donors (Lipinski definition) is 1. The van der Waals surface area contributed by atoms with Gasteiger partial charge in [0.15, 0.2) is 0 Å². The molecular formula is C16H23NO2S. The van der Waals surface area contributed by atoms with Crippen molar-refractivity contribution in [2.75, 3.05) is 26.8 Å². The Bertz CT molecular complexity index is 455. The predicted molar refractivity (Wildman–Crippen MR) is 82.8 cm³/mol. The van der Waals surface area contributed by atoms with Crippen molar-refractivity contribution in [3.8, 4) is 11.8 Å². The van der Waals surface area contributed by atoms with E-state index in [9.17, 15) is 0 Å². The highest BCUT2D eigenvalue weighted by molar-refractivity contribution is 7.10. The Kier molecular flexibility index (Phi) is 6.55. The summed E-state index contributed by atoms with van der Waals surface area (Å²) < 4.78 is 5.76. The summed E-state index contributed by atoms with van der Waals surface area (Å²) in [6.45, 7) is 2.89. The molecule has 110 valence electrons. The van der Waals surface area contributed by atoms with Crippen molar-refractivity contribution >= 4 is 11.3 Å². The van der Waals surface area contributed by atoms with Crippen molar-refractivity contribution in [3.05, 3.63) is 21.9 Å². The second-order valence-corrected chi connectivity index (χ2v) is 6.27. The highest BCUT2D eigenvalue weighted by Gasteiger charge is 2.14. The lowest BCUT2D eigenvalue weighted by molar-refractivity contribution is 0.00645. The smallest absolute Gasteiger partial charge is 0.104 e. The van der Waals surface area contributed by atoms with Crippen LogP contribution in [0.1, 0.15) is 36.1 Å². The number of thiophene rings is 1. The lowest BCUT2D eigenvalue weighted by Gasteiger charge is -2.25. The molecule has 1 aromatic heterocycles. The summed E-state index contributed by atoms with van der Waals surface area (Å²) in [4.78, 5) is 3.66. The molecule has 1 aliphatic heterocycles. The van der Waals surface area contributed by atoms with E-state index in [1.807, 2.05) is 0 Å². The Morgan fingerprint density at radius 1 is 1.50 bits per heavy atom. The fourth-order valence-corrected chi connectivity index (χ4v) is 3.31. The van der Waals surface area contributed by atoms with E-state index in [1.165, 1.54) is 24.1 Å². The van der Waals surface area contributed by atoms with Gasteiger partial charge in [0.05, 0.1) is 6.10 Å². The maximum Gasteiger partial charge on any atom is 0.104 e. The Balaban J connectivity index is 1.73. The second kappa shape index (κ2) is 8.43. The molecule has 1 saturated heterocycles. The Morgan fingerprint density at radius 2 is 2.40 bits per heavy atom. The normalized spacial score (nSPS) is 18.9. The van der Waals surface area contributed by atoms with Crippen molar-refractivity contribution in [2.24, 2.45) is 0 Å². The van der Waals surface area contributed by atoms with Gasteiger partial charge in [-0.05, 0) is 38.8 Å². The minimum atomic E-state index is -0.0769. The first-order valence-corrected chi connectivity index (χ1v) is 8.13. The molecule has 0 aliphatic carbocycles. The van der Waals surface area contributed by atoms with Gasteiger partial charge >= 0.3 is 0 Å². The van der Waals surface area contributed by atoms with Crippen molar-refractivity contribution < 1.29 is 9.84 Å². The van der Waals surface area contributed by atoms with Gasteiger partial charge in [-0.25, -0.2) is 0 Å². The third-order valence-corrected chi connectivity index (χ3v) is 4.42. The Morgan fingerprint density at radius 3 is 3.15 bits per heavy atom. The zero-order valence-corrected chi connectivity index (χ0v) is 12.9. The molecule has 0 bridgehead atoms. The number of rotatable bonds is 5. The standard InChI is InChI=1S/C16H23NO2S/c1-17(8-7-15-6-2-3-10-19-15)12-16-11-14(13-20-16)5-4-9-18/h11,13,15,18H,2-3,6-10,12H2,1H3. The van der Waals surface area contributed by atoms with E-state index in [2.05, 4.69) is 35.2 Å². The quantitative estimate of drug-likeness (QED) is 0.847. The first kappa shape index (κ1) is 15.5. The van der Waals surface area contributed by atoms with E-state index >= 15 is 0 Å². The molecule has 1 aliphatic rings. The molecule has 2 heterocycles. The molecule has 0 aromatic carbocycles. The topological polar surface area (TPSA) is 32.7 Å². The molecular weight excluding hydrogens is 270 g/mol. The Hall–Kier alpha value is -0.860. The average Bonchev–Trinajstić information content (AvgIpc) is 2.91. The van der Waals surface area contributed by atoms with E-state index in [-0.39, 0.29) is 6.61 Å². The number of aliphatic hydroxyl groups is 1. The monoisotopic (exact) mass is 293 g/mol. The van der Waals surface area contributed by atoms with E-state index in [0.717, 1.165) is 31.7 Å². The fraction of sp³-hybridized carbons (Fsp3) is 0.625. The maximum absolute atomic E-state index is 8.68. The van der Waals surface area contributed by atoms with Crippen LogP contribution in [0.4, 0.5) is 0 Å². The van der Waals surface area contributed by atoms with Crippen molar-refractivity contribution in [3.63, 3.8) is 0 Å². The van der Waals surface area contributed by atoms with E-state index in [4.69, 9.17) is 9.84 Å². The van der Waals surface area contributed by atoms with Crippen LogP contribution in [0.5, 0.6) is 0 Å². The minimum Gasteiger partial charge on any atom is -0.384 e. The summed E-state index contributed by atoms with van der Waals surface area (Å²) >= 11 is 1.73. The summed E-state index contributed by atoms with van der Waals surface area (Å²) in [5.74, 6) is 5.62. The van der Waals surface area contributed by atoms with Crippen LogP contribution in [0.25, 0.3) is 0 Å². The lowest BCUT2D eigenvalue weighted by atomic mass is 10.1. The molecule has 4 heteroatoms. The lowest BCUT2D eigenvalue weighted by Crippen LogP contribution is -2.26. The van der Waals surface area contributed by atoms with Crippen LogP contribution in [0.15, 0.2) is 11.4 Å². The van der Waals surface area contributed by atoms with Crippen molar-refractivity contribution in [1.29, 1.82) is 0 Å². The molecule has 0 radical (unpaired) electrons. The van der Waals surface area contributed by atoms with Crippen molar-refractivity contribution in [2.45, 2.75) is 38.3 Å². The van der Waals surface area contributed by atoms with Crippen LogP contribution in [0.3, 0.4) is 0 Å². The van der Waals surface area contributed by atoms with E-state index in [0.29, 0.717) is 6.10 Å². The maximum atomic E-state index is 8.68. The van der Waals surface area contributed by atoms with Crippen LogP contribution in [-0.4, -0.2) is 42.9 Å². The molecule has 1 aromatic rings. The summed E-state index contributed by atoms with van der Waals surface area (Å²) in [5.41, 5.74) is 1.00. The van der Waals surface area contributed by atoms with Crippen LogP contribution in [0, 0.1) is 11.8 Å². The second-order valence-electron chi connectivity index (χ2n) is 5.28. The third kappa shape index (κ3) is 5.26. The Labute approximate surface area is 125 Å². The van der Waals surface area contributed by atoms with Crippen LogP contribution in [0.2, 0.25) is 0 Å². The van der Waals surface area contributed by atoms with Crippen LogP contribution < -0.4 is 0 Å². The van der Waals surface area contributed by atoms with E-state index in [1.54, 1.807) is 11.3 Å². The molecule has 1 N–H and O–H groups in total. The zero-order valence-electron chi connectivity index (χ0n) is 12.1. The average molecular weight is 293 g/mol. The van der Waals surface area contributed by atoms with Gasteiger partial charge in [-0.1, -0.05) is 11.8 Å². The summed E-state index contributed by atoms with van der Waals surface area (Å²) in [7, 11) is 2.15. The first-order valence-electron chi connectivity index (χ1n) is 7.25. The van der Waals surface area contributed by atoms with Gasteiger partial charge in [0, 0.05) is 35.5 Å². The van der Waals surface area contributed by atoms with Gasteiger partial charge < -0.3 is 14.7 Å². The number of hydrogen-bond acceptors (Lipinski definition) is 4. The highest BCUT2D eigenvalue weighted by atomic mass is 32.1. The van der Waals surface area contributed by atoms with Crippen LogP contribution >= 0.6 is 11.3 Å². The van der Waals surface area contributed by atoms with Gasteiger partial charge in [-0.3, -0.25) is 0 Å². The number of nitrogens with zero attached hydrogens (tertiary/aromatic N) is 1. The van der Waals surface area contributed by atoms with Gasteiger partial charge in [-0.15, -0.1) is 11.3 Å². The number of aliphatic hydroxyl groups excluding tert-OH is 1. The fourth-order valence-electron chi connectivity index (χ4n) is 2.42.